The molecular weight excluding hydrogens is 861 g/mol. The third kappa shape index (κ3) is 58.7. The van der Waals surface area contributed by atoms with Gasteiger partial charge in [0.2, 0.25) is 0 Å². The van der Waals surface area contributed by atoms with Gasteiger partial charge in [0.15, 0.2) is 6.10 Å². The van der Waals surface area contributed by atoms with Crippen LogP contribution < -0.4 is 0 Å². The molecule has 0 aliphatic rings. The molecule has 0 saturated carbocycles. The quantitative estimate of drug-likeness (QED) is 0.0345. The number of carbonyl (C=O) groups excluding carboxylic acids is 2. The first-order valence-electron chi connectivity index (χ1n) is 31.5. The minimum Gasteiger partial charge on any atom is -0.462 e. The van der Waals surface area contributed by atoms with Gasteiger partial charge in [0, 0.05) is 19.4 Å². The number of rotatable bonds is 59. The molecule has 0 bridgehead atoms. The van der Waals surface area contributed by atoms with E-state index in [1.165, 1.54) is 263 Å². The van der Waals surface area contributed by atoms with Gasteiger partial charge < -0.3 is 14.2 Å². The van der Waals surface area contributed by atoms with Gasteiger partial charge in [-0.1, -0.05) is 288 Å². The van der Waals surface area contributed by atoms with Gasteiger partial charge in [0.05, 0.1) is 6.61 Å². The molecule has 0 rings (SSSR count). The number of esters is 2. The fourth-order valence-corrected chi connectivity index (χ4v) is 9.42. The van der Waals surface area contributed by atoms with E-state index in [2.05, 4.69) is 57.2 Å². The SMILES string of the molecule is CCCCC/C=C\C/C=C\CCCCCCCCCC(=O)OCC(COCCCCCCCCCCCC/C=C\CCCCCCCC)OC(=O)CCCCCCCCCCCCCCCCCCC. The lowest BCUT2D eigenvalue weighted by atomic mass is 10.0. The maximum absolute atomic E-state index is 12.9. The van der Waals surface area contributed by atoms with E-state index in [0.717, 1.165) is 44.9 Å². The standard InChI is InChI=1S/C65H122O5/c1-4-7-10-13-16-19-22-25-28-31-32-33-36-39-42-45-48-51-54-57-60-68-61-63(70-65(67)59-56-53-50-47-44-41-38-35-30-27-24-21-18-15-12-9-6-3)62-69-64(66)58-55-52-49-46-43-40-37-34-29-26-23-20-17-14-11-8-5-2/h17,20,25-26,28-29,63H,4-16,18-19,21-24,27,30-62H2,1-3H3/b20-17-,28-25-,29-26-. The highest BCUT2D eigenvalue weighted by Crippen LogP contribution is 2.17. The van der Waals surface area contributed by atoms with E-state index in [9.17, 15) is 9.59 Å². The first-order valence-corrected chi connectivity index (χ1v) is 31.5. The lowest BCUT2D eigenvalue weighted by Gasteiger charge is -2.18. The Labute approximate surface area is 438 Å². The molecule has 0 heterocycles. The minimum atomic E-state index is -0.537. The van der Waals surface area contributed by atoms with Crippen molar-refractivity contribution in [1.82, 2.24) is 0 Å². The Bertz CT molecular complexity index is 1110. The van der Waals surface area contributed by atoms with Crippen molar-refractivity contribution in [2.75, 3.05) is 19.8 Å². The summed E-state index contributed by atoms with van der Waals surface area (Å²) in [5, 5.41) is 0. The molecule has 0 aliphatic carbocycles. The van der Waals surface area contributed by atoms with Crippen LogP contribution in [0.5, 0.6) is 0 Å². The van der Waals surface area contributed by atoms with E-state index >= 15 is 0 Å². The van der Waals surface area contributed by atoms with Gasteiger partial charge in [-0.05, 0) is 77.0 Å². The van der Waals surface area contributed by atoms with Gasteiger partial charge in [-0.2, -0.15) is 0 Å². The summed E-state index contributed by atoms with van der Waals surface area (Å²) in [7, 11) is 0. The average molecular weight is 984 g/mol. The van der Waals surface area contributed by atoms with E-state index in [0.29, 0.717) is 26.1 Å². The first kappa shape index (κ1) is 68.1. The van der Waals surface area contributed by atoms with Crippen molar-refractivity contribution in [3.8, 4) is 0 Å². The molecule has 0 aromatic carbocycles. The molecule has 5 nitrogen and oxygen atoms in total. The van der Waals surface area contributed by atoms with Crippen LogP contribution in [0.2, 0.25) is 0 Å². The molecule has 0 aliphatic heterocycles. The molecule has 0 radical (unpaired) electrons. The Morgan fingerprint density at radius 3 is 0.986 bits per heavy atom. The zero-order chi connectivity index (χ0) is 50.6. The Morgan fingerprint density at radius 2 is 0.600 bits per heavy atom. The molecule has 412 valence electrons. The van der Waals surface area contributed by atoms with Crippen molar-refractivity contribution in [3.05, 3.63) is 36.5 Å². The molecule has 0 saturated heterocycles. The summed E-state index contributed by atoms with van der Waals surface area (Å²) >= 11 is 0. The zero-order valence-corrected chi connectivity index (χ0v) is 47.6. The van der Waals surface area contributed by atoms with Crippen LogP contribution >= 0.6 is 0 Å². The van der Waals surface area contributed by atoms with Gasteiger partial charge in [-0.3, -0.25) is 9.59 Å². The number of hydrogen-bond donors (Lipinski definition) is 0. The van der Waals surface area contributed by atoms with Gasteiger partial charge in [-0.25, -0.2) is 0 Å². The Morgan fingerprint density at radius 1 is 0.314 bits per heavy atom. The second kappa shape index (κ2) is 61.4. The van der Waals surface area contributed by atoms with Crippen molar-refractivity contribution < 1.29 is 23.8 Å². The number of unbranched alkanes of at least 4 members (excludes halogenated alkanes) is 42. The second-order valence-electron chi connectivity index (χ2n) is 21.3. The first-order chi connectivity index (χ1) is 34.6. The van der Waals surface area contributed by atoms with E-state index in [-0.39, 0.29) is 18.5 Å². The highest BCUT2D eigenvalue weighted by atomic mass is 16.6. The molecule has 0 fully saturated rings. The summed E-state index contributed by atoms with van der Waals surface area (Å²) in [6.07, 6.45) is 76.0. The van der Waals surface area contributed by atoms with E-state index in [1.54, 1.807) is 0 Å². The highest BCUT2D eigenvalue weighted by molar-refractivity contribution is 5.70. The van der Waals surface area contributed by atoms with E-state index in [4.69, 9.17) is 14.2 Å². The van der Waals surface area contributed by atoms with Crippen LogP contribution in [-0.2, 0) is 23.8 Å². The third-order valence-electron chi connectivity index (χ3n) is 14.1. The van der Waals surface area contributed by atoms with E-state index < -0.39 is 6.10 Å². The summed E-state index contributed by atoms with van der Waals surface area (Å²) < 4.78 is 17.5. The van der Waals surface area contributed by atoms with Crippen molar-refractivity contribution in [2.45, 2.75) is 348 Å². The van der Waals surface area contributed by atoms with Crippen molar-refractivity contribution in [1.29, 1.82) is 0 Å². The number of carbonyl (C=O) groups is 2. The molecule has 1 unspecified atom stereocenters. The maximum atomic E-state index is 12.9. The maximum Gasteiger partial charge on any atom is 0.306 e. The minimum absolute atomic E-state index is 0.0866. The fraction of sp³-hybridized carbons (Fsp3) is 0.877. The fourth-order valence-electron chi connectivity index (χ4n) is 9.42. The molecule has 70 heavy (non-hydrogen) atoms. The molecule has 0 spiro atoms. The van der Waals surface area contributed by atoms with Crippen LogP contribution in [0.4, 0.5) is 0 Å². The monoisotopic (exact) mass is 983 g/mol. The zero-order valence-electron chi connectivity index (χ0n) is 47.6. The van der Waals surface area contributed by atoms with Crippen molar-refractivity contribution in [3.63, 3.8) is 0 Å². The molecule has 0 aromatic heterocycles. The normalized spacial score (nSPS) is 12.3. The number of ether oxygens (including phenoxy) is 3. The molecule has 0 N–H and O–H groups in total. The number of hydrogen-bond acceptors (Lipinski definition) is 5. The molecule has 1 atom stereocenters. The van der Waals surface area contributed by atoms with Gasteiger partial charge in [-0.15, -0.1) is 0 Å². The van der Waals surface area contributed by atoms with Crippen LogP contribution in [0.3, 0.4) is 0 Å². The summed E-state index contributed by atoms with van der Waals surface area (Å²) in [6, 6.07) is 0. The second-order valence-corrected chi connectivity index (χ2v) is 21.3. The molecular formula is C65H122O5. The molecule has 0 aromatic rings. The summed E-state index contributed by atoms with van der Waals surface area (Å²) in [6.45, 7) is 7.86. The Hall–Kier alpha value is -1.88. The van der Waals surface area contributed by atoms with Crippen LogP contribution in [0.15, 0.2) is 36.5 Å². The third-order valence-corrected chi connectivity index (χ3v) is 14.1. The van der Waals surface area contributed by atoms with Crippen LogP contribution in [0.1, 0.15) is 342 Å². The van der Waals surface area contributed by atoms with Crippen LogP contribution in [0.25, 0.3) is 0 Å². The molecule has 5 heteroatoms. The van der Waals surface area contributed by atoms with Gasteiger partial charge in [0.1, 0.15) is 6.61 Å². The molecule has 0 amide bonds. The Balaban J connectivity index is 4.24. The summed E-state index contributed by atoms with van der Waals surface area (Å²) in [4.78, 5) is 25.6. The predicted octanol–water partition coefficient (Wildman–Crippen LogP) is 21.7. The summed E-state index contributed by atoms with van der Waals surface area (Å²) in [5.74, 6) is -0.384. The van der Waals surface area contributed by atoms with Crippen LogP contribution in [-0.4, -0.2) is 37.9 Å². The average Bonchev–Trinajstić information content (AvgIpc) is 3.36. The Kier molecular flexibility index (Phi) is 59.8. The largest absolute Gasteiger partial charge is 0.462 e. The van der Waals surface area contributed by atoms with Gasteiger partial charge >= 0.3 is 11.9 Å². The van der Waals surface area contributed by atoms with Gasteiger partial charge in [0.25, 0.3) is 0 Å². The topological polar surface area (TPSA) is 61.8 Å². The van der Waals surface area contributed by atoms with Crippen molar-refractivity contribution >= 4 is 11.9 Å². The number of allylic oxidation sites excluding steroid dienone is 6. The lowest BCUT2D eigenvalue weighted by Crippen LogP contribution is -2.30. The highest BCUT2D eigenvalue weighted by Gasteiger charge is 2.18. The summed E-state index contributed by atoms with van der Waals surface area (Å²) in [5.41, 5.74) is 0. The predicted molar refractivity (Wildman–Crippen MR) is 307 cm³/mol. The van der Waals surface area contributed by atoms with Crippen molar-refractivity contribution in [2.24, 2.45) is 0 Å². The lowest BCUT2D eigenvalue weighted by molar-refractivity contribution is -0.163. The van der Waals surface area contributed by atoms with Crippen LogP contribution in [0, 0.1) is 0 Å². The smallest absolute Gasteiger partial charge is 0.306 e. The van der Waals surface area contributed by atoms with E-state index in [1.807, 2.05) is 0 Å².